The van der Waals surface area contributed by atoms with E-state index in [0.29, 0.717) is 0 Å². The van der Waals surface area contributed by atoms with Crippen molar-refractivity contribution in [1.29, 1.82) is 0 Å². The lowest BCUT2D eigenvalue weighted by molar-refractivity contribution is 0.438. The van der Waals surface area contributed by atoms with Crippen LogP contribution >= 0.6 is 30.1 Å². The minimum absolute atomic E-state index is 1.19. The fraction of sp³-hybridized carbons (Fsp3) is 1.00. The zero-order valence-corrected chi connectivity index (χ0v) is 7.62. The lowest BCUT2D eigenvalue weighted by Crippen LogP contribution is -2.14. The molecule has 0 aliphatic carbocycles. The van der Waals surface area contributed by atoms with Crippen LogP contribution < -0.4 is 0 Å². The number of nitrogens with zero attached hydrogens (tertiary/aromatic N) is 1. The second-order valence-corrected chi connectivity index (χ2v) is 4.11. The van der Waals surface area contributed by atoms with Gasteiger partial charge >= 0.3 is 0 Å². The number of rotatable bonds is 3. The van der Waals surface area contributed by atoms with Gasteiger partial charge in [-0.3, -0.25) is 0 Å². The molecule has 0 bridgehead atoms. The minimum atomic E-state index is 1.19. The summed E-state index contributed by atoms with van der Waals surface area (Å²) in [5, 5.41) is 0. The Balaban J connectivity index is 2.68. The first-order valence-corrected chi connectivity index (χ1v) is 5.68. The van der Waals surface area contributed by atoms with Gasteiger partial charge in [0.2, 0.25) is 0 Å². The largest absolute Gasteiger partial charge is 0.309 e. The van der Waals surface area contributed by atoms with Crippen LogP contribution in [0.2, 0.25) is 0 Å². The Kier molecular flexibility index (Phi) is 5.95. The highest BCUT2D eigenvalue weighted by Crippen LogP contribution is 2.08. The Bertz CT molecular complexity index is 40.7. The molecule has 0 saturated carbocycles. The second kappa shape index (κ2) is 5.18. The summed E-state index contributed by atoms with van der Waals surface area (Å²) in [6.45, 7) is 1.19. The smallest absolute Gasteiger partial charge is 0.0161 e. The van der Waals surface area contributed by atoms with E-state index in [2.05, 4.69) is 40.2 Å². The summed E-state index contributed by atoms with van der Waals surface area (Å²) in [7, 11) is 6.04. The van der Waals surface area contributed by atoms with E-state index in [1.165, 1.54) is 12.3 Å². The fourth-order valence-corrected chi connectivity index (χ4v) is 1.24. The average molecular weight is 231 g/mol. The van der Waals surface area contributed by atoms with Crippen molar-refractivity contribution in [3.63, 3.8) is 0 Å². The maximum atomic E-state index is 2.31. The molecule has 0 fully saturated rings. The van der Waals surface area contributed by atoms with Gasteiger partial charge < -0.3 is 4.90 Å². The first kappa shape index (κ1) is 8.04. The average Bonchev–Trinajstić information content (AvgIpc) is 1.61. The van der Waals surface area contributed by atoms with Crippen molar-refractivity contribution in [2.24, 2.45) is 0 Å². The molecule has 0 unspecified atom stereocenters. The molecule has 0 aromatic heterocycles. The van der Waals surface area contributed by atoms with E-state index in [1.54, 1.807) is 0 Å². The SMILES string of the molecule is CN(C)CCSI. The minimum Gasteiger partial charge on any atom is -0.309 e. The third-order valence-corrected chi connectivity index (χ3v) is 2.27. The molecule has 0 amide bonds. The lowest BCUT2D eigenvalue weighted by atomic mass is 10.7. The van der Waals surface area contributed by atoms with Crippen molar-refractivity contribution in [3.8, 4) is 0 Å². The van der Waals surface area contributed by atoms with Crippen LogP contribution in [0, 0.1) is 0 Å². The predicted octanol–water partition coefficient (Wildman–Crippen LogP) is 1.63. The van der Waals surface area contributed by atoms with Crippen molar-refractivity contribution in [1.82, 2.24) is 4.90 Å². The first-order chi connectivity index (χ1) is 3.27. The van der Waals surface area contributed by atoms with Gasteiger partial charge in [-0.15, -0.1) is 0 Å². The molecule has 0 aromatic rings. The summed E-state index contributed by atoms with van der Waals surface area (Å²) in [6, 6.07) is 0. The molecule has 1 nitrogen and oxygen atoms in total. The van der Waals surface area contributed by atoms with Crippen LogP contribution in [-0.2, 0) is 0 Å². The van der Waals surface area contributed by atoms with Gasteiger partial charge in [-0.1, -0.05) is 8.93 Å². The monoisotopic (exact) mass is 231 g/mol. The molecule has 44 valence electrons. The van der Waals surface area contributed by atoms with Crippen molar-refractivity contribution < 1.29 is 0 Å². The molecule has 3 heteroatoms. The molecule has 7 heavy (non-hydrogen) atoms. The Labute approximate surface area is 61.4 Å². The van der Waals surface area contributed by atoms with E-state index in [-0.39, 0.29) is 0 Å². The van der Waals surface area contributed by atoms with E-state index < -0.39 is 0 Å². The zero-order valence-electron chi connectivity index (χ0n) is 4.65. The van der Waals surface area contributed by atoms with Gasteiger partial charge in [0.1, 0.15) is 0 Å². The van der Waals surface area contributed by atoms with Gasteiger partial charge in [0, 0.05) is 12.3 Å². The quantitative estimate of drug-likeness (QED) is 0.679. The first-order valence-electron chi connectivity index (χ1n) is 2.15. The molecular weight excluding hydrogens is 221 g/mol. The van der Waals surface area contributed by atoms with Crippen LogP contribution in [0.3, 0.4) is 0 Å². The van der Waals surface area contributed by atoms with Gasteiger partial charge in [0.25, 0.3) is 0 Å². The van der Waals surface area contributed by atoms with E-state index in [4.69, 9.17) is 0 Å². The van der Waals surface area contributed by atoms with Gasteiger partial charge in [-0.25, -0.2) is 0 Å². The van der Waals surface area contributed by atoms with Crippen LogP contribution in [0.5, 0.6) is 0 Å². The zero-order chi connectivity index (χ0) is 5.70. The lowest BCUT2D eigenvalue weighted by Gasteiger charge is -2.04. The number of halogens is 1. The summed E-state index contributed by atoms with van der Waals surface area (Å²) >= 11 is 2.31. The van der Waals surface area contributed by atoms with Crippen LogP contribution in [0.4, 0.5) is 0 Å². The fourth-order valence-electron chi connectivity index (χ4n) is 0.217. The predicted molar refractivity (Wildman–Crippen MR) is 45.0 cm³/mol. The Morgan fingerprint density at radius 3 is 2.29 bits per heavy atom. The number of hydrogen-bond acceptors (Lipinski definition) is 2. The summed E-state index contributed by atoms with van der Waals surface area (Å²) < 4.78 is 0. The van der Waals surface area contributed by atoms with Crippen LogP contribution in [0.1, 0.15) is 0 Å². The third-order valence-electron chi connectivity index (χ3n) is 0.616. The molecule has 0 aliphatic rings. The second-order valence-electron chi connectivity index (χ2n) is 1.62. The van der Waals surface area contributed by atoms with Crippen LogP contribution in [0.15, 0.2) is 0 Å². The summed E-state index contributed by atoms with van der Waals surface area (Å²) in [6.07, 6.45) is 0. The van der Waals surface area contributed by atoms with Gasteiger partial charge in [-0.05, 0) is 35.3 Å². The standard InChI is InChI=1S/C4H10INS/c1-6(2)3-4-7-5/h3-4H2,1-2H3. The molecule has 0 spiro atoms. The topological polar surface area (TPSA) is 3.24 Å². The summed E-state index contributed by atoms with van der Waals surface area (Å²) in [5.41, 5.74) is 0. The molecule has 0 heterocycles. The molecule has 0 aromatic carbocycles. The maximum absolute atomic E-state index is 2.31. The molecular formula is C4H10INS. The van der Waals surface area contributed by atoms with E-state index in [1.807, 2.05) is 8.93 Å². The van der Waals surface area contributed by atoms with E-state index in [9.17, 15) is 0 Å². The Hall–Kier alpha value is 1.04. The number of hydrogen-bond donors (Lipinski definition) is 0. The highest BCUT2D eigenvalue weighted by molar-refractivity contribution is 14.2. The van der Waals surface area contributed by atoms with Crippen molar-refractivity contribution in [3.05, 3.63) is 0 Å². The van der Waals surface area contributed by atoms with Crippen molar-refractivity contribution in [2.75, 3.05) is 26.4 Å². The molecule has 0 aliphatic heterocycles. The Morgan fingerprint density at radius 2 is 2.14 bits per heavy atom. The third kappa shape index (κ3) is 7.04. The Morgan fingerprint density at radius 1 is 1.57 bits per heavy atom. The highest BCUT2D eigenvalue weighted by atomic mass is 127. The molecule has 0 saturated heterocycles. The van der Waals surface area contributed by atoms with Gasteiger partial charge in [-0.2, -0.15) is 0 Å². The van der Waals surface area contributed by atoms with Crippen LogP contribution in [0.25, 0.3) is 0 Å². The molecule has 0 N–H and O–H groups in total. The maximum Gasteiger partial charge on any atom is 0.0161 e. The molecule has 0 radical (unpaired) electrons. The highest BCUT2D eigenvalue weighted by Gasteiger charge is 1.85. The molecule has 0 atom stereocenters. The van der Waals surface area contributed by atoms with E-state index >= 15 is 0 Å². The van der Waals surface area contributed by atoms with Crippen LogP contribution in [-0.4, -0.2) is 31.3 Å². The van der Waals surface area contributed by atoms with E-state index in [0.717, 1.165) is 0 Å². The van der Waals surface area contributed by atoms with Gasteiger partial charge in [0.15, 0.2) is 0 Å². The van der Waals surface area contributed by atoms with Crippen molar-refractivity contribution >= 4 is 30.1 Å². The van der Waals surface area contributed by atoms with Gasteiger partial charge in [0.05, 0.1) is 0 Å². The summed E-state index contributed by atoms with van der Waals surface area (Å²) in [4.78, 5) is 2.19. The van der Waals surface area contributed by atoms with Crippen molar-refractivity contribution in [2.45, 2.75) is 0 Å². The normalized spacial score (nSPS) is 10.3. The molecule has 0 rings (SSSR count). The summed E-state index contributed by atoms with van der Waals surface area (Å²) in [5.74, 6) is 1.23.